The maximum atomic E-state index is 12.3. The van der Waals surface area contributed by atoms with Crippen molar-refractivity contribution >= 4 is 44.5 Å². The van der Waals surface area contributed by atoms with Crippen LogP contribution in [0, 0.1) is 3.57 Å². The van der Waals surface area contributed by atoms with Gasteiger partial charge in [-0.25, -0.2) is 13.2 Å². The van der Waals surface area contributed by atoms with Gasteiger partial charge in [0.25, 0.3) is 0 Å². The number of rotatable bonds is 5. The minimum Gasteiger partial charge on any atom is -0.478 e. The Bertz CT molecular complexity index is 672. The number of benzene rings is 1. The maximum absolute atomic E-state index is 12.3. The van der Waals surface area contributed by atoms with Crippen molar-refractivity contribution in [2.75, 3.05) is 27.7 Å². The van der Waals surface area contributed by atoms with Crippen LogP contribution in [0.1, 0.15) is 10.4 Å². The Kier molecular flexibility index (Phi) is 5.70. The van der Waals surface area contributed by atoms with Crippen molar-refractivity contribution in [2.45, 2.75) is 4.90 Å². The van der Waals surface area contributed by atoms with Gasteiger partial charge in [0.1, 0.15) is 0 Å². The minimum atomic E-state index is -3.92. The van der Waals surface area contributed by atoms with Gasteiger partial charge in [0, 0.05) is 24.7 Å². The fourth-order valence-corrected chi connectivity index (χ4v) is 3.14. The normalized spacial score (nSPS) is 11.5. The van der Waals surface area contributed by atoms with Crippen LogP contribution in [0.3, 0.4) is 0 Å². The first-order valence-corrected chi connectivity index (χ1v) is 8.28. The van der Waals surface area contributed by atoms with Crippen LogP contribution in [0.25, 0.3) is 0 Å². The van der Waals surface area contributed by atoms with Crippen LogP contribution >= 0.6 is 22.6 Å². The van der Waals surface area contributed by atoms with Crippen molar-refractivity contribution in [3.8, 4) is 0 Å². The van der Waals surface area contributed by atoms with Crippen LogP contribution in [0.15, 0.2) is 23.1 Å². The molecule has 21 heavy (non-hydrogen) atoms. The van der Waals surface area contributed by atoms with E-state index in [1.807, 2.05) is 22.6 Å². The van der Waals surface area contributed by atoms with Crippen molar-refractivity contribution < 1.29 is 23.1 Å². The summed E-state index contributed by atoms with van der Waals surface area (Å²) < 4.78 is 26.0. The van der Waals surface area contributed by atoms with Crippen molar-refractivity contribution in [1.29, 1.82) is 0 Å². The maximum Gasteiger partial charge on any atom is 0.336 e. The highest BCUT2D eigenvalue weighted by Crippen LogP contribution is 2.20. The van der Waals surface area contributed by atoms with Gasteiger partial charge in [-0.1, -0.05) is 0 Å². The lowest BCUT2D eigenvalue weighted by atomic mass is 10.2. The molecule has 0 heterocycles. The van der Waals surface area contributed by atoms with Crippen molar-refractivity contribution in [3.05, 3.63) is 27.3 Å². The first-order chi connectivity index (χ1) is 9.57. The molecule has 7 nitrogen and oxygen atoms in total. The number of likely N-dealkylation sites (N-methyl/N-ethyl adjacent to an activating group) is 2. The number of amides is 1. The topological polar surface area (TPSA) is 95.0 Å². The molecule has 1 aromatic rings. The average molecular weight is 426 g/mol. The Morgan fingerprint density at radius 3 is 2.29 bits per heavy atom. The van der Waals surface area contributed by atoms with Crippen molar-refractivity contribution in [3.63, 3.8) is 0 Å². The van der Waals surface area contributed by atoms with E-state index in [9.17, 15) is 18.0 Å². The minimum absolute atomic E-state index is 0.0935. The van der Waals surface area contributed by atoms with Gasteiger partial charge in [-0.15, -0.1) is 0 Å². The van der Waals surface area contributed by atoms with E-state index in [0.717, 1.165) is 10.4 Å². The first kappa shape index (κ1) is 17.9. The van der Waals surface area contributed by atoms with E-state index < -0.39 is 16.0 Å². The number of carboxylic acids is 1. The fourth-order valence-electron chi connectivity index (χ4n) is 1.43. The highest BCUT2D eigenvalue weighted by Gasteiger charge is 2.25. The number of hydrogen-bond donors (Lipinski definition) is 1. The number of halogens is 1. The van der Waals surface area contributed by atoms with Gasteiger partial charge in [0.05, 0.1) is 17.0 Å². The molecule has 1 amide bonds. The molecule has 0 atom stereocenters. The molecule has 0 aliphatic carbocycles. The molecule has 0 aliphatic rings. The zero-order chi connectivity index (χ0) is 16.4. The predicted octanol–water partition coefficient (Wildman–Crippen LogP) is 0.698. The Labute approximate surface area is 136 Å². The summed E-state index contributed by atoms with van der Waals surface area (Å²) in [6.45, 7) is -0.316. The van der Waals surface area contributed by atoms with E-state index in [1.165, 1.54) is 38.2 Å². The van der Waals surface area contributed by atoms with Gasteiger partial charge in [0.15, 0.2) is 0 Å². The Balaban J connectivity index is 3.16. The standard InChI is InChI=1S/C12H15IN2O5S/c1-14(2)11(16)7-15(3)21(19,20)8-4-5-10(13)9(6-8)12(17)18/h4-6H,7H2,1-3H3,(H,17,18). The zero-order valence-corrected chi connectivity index (χ0v) is 14.7. The van der Waals surface area contributed by atoms with E-state index in [4.69, 9.17) is 5.11 Å². The lowest BCUT2D eigenvalue weighted by Crippen LogP contribution is -2.37. The van der Waals surface area contributed by atoms with E-state index in [-0.39, 0.29) is 22.9 Å². The van der Waals surface area contributed by atoms with Crippen LogP contribution in [-0.2, 0) is 14.8 Å². The molecule has 0 fully saturated rings. The van der Waals surface area contributed by atoms with Crippen molar-refractivity contribution in [2.24, 2.45) is 0 Å². The molecule has 0 unspecified atom stereocenters. The molecule has 0 spiro atoms. The lowest BCUT2D eigenvalue weighted by Gasteiger charge is -2.19. The number of sulfonamides is 1. The van der Waals surface area contributed by atoms with Gasteiger partial charge in [-0.2, -0.15) is 4.31 Å². The SMILES string of the molecule is CN(C)C(=O)CN(C)S(=O)(=O)c1ccc(I)c(C(=O)O)c1. The smallest absolute Gasteiger partial charge is 0.336 e. The average Bonchev–Trinajstić information content (AvgIpc) is 2.38. The Hall–Kier alpha value is -1.20. The third kappa shape index (κ3) is 4.14. The summed E-state index contributed by atoms with van der Waals surface area (Å²) in [5.74, 6) is -1.58. The summed E-state index contributed by atoms with van der Waals surface area (Å²) in [5, 5.41) is 9.04. The highest BCUT2D eigenvalue weighted by molar-refractivity contribution is 14.1. The number of nitrogens with zero attached hydrogens (tertiary/aromatic N) is 2. The summed E-state index contributed by atoms with van der Waals surface area (Å²) in [4.78, 5) is 23.8. The number of carbonyl (C=O) groups excluding carboxylic acids is 1. The van der Waals surface area contributed by atoms with Gasteiger partial charge < -0.3 is 10.0 Å². The highest BCUT2D eigenvalue weighted by atomic mass is 127. The molecule has 1 N–H and O–H groups in total. The van der Waals surface area contributed by atoms with Crippen LogP contribution in [-0.4, -0.2) is 62.3 Å². The summed E-state index contributed by atoms with van der Waals surface area (Å²) in [6.07, 6.45) is 0. The number of hydrogen-bond acceptors (Lipinski definition) is 4. The van der Waals surface area contributed by atoms with Crippen LogP contribution in [0.5, 0.6) is 0 Å². The molecule has 0 saturated heterocycles. The van der Waals surface area contributed by atoms with Gasteiger partial charge in [-0.3, -0.25) is 4.79 Å². The lowest BCUT2D eigenvalue weighted by molar-refractivity contribution is -0.128. The number of carbonyl (C=O) groups is 2. The second kappa shape index (κ2) is 6.71. The van der Waals surface area contributed by atoms with E-state index in [2.05, 4.69) is 0 Å². The van der Waals surface area contributed by atoms with Crippen molar-refractivity contribution in [1.82, 2.24) is 9.21 Å². The fraction of sp³-hybridized carbons (Fsp3) is 0.333. The third-order valence-corrected chi connectivity index (χ3v) is 5.47. The zero-order valence-electron chi connectivity index (χ0n) is 11.7. The largest absolute Gasteiger partial charge is 0.478 e. The summed E-state index contributed by atoms with van der Waals surface area (Å²) in [6, 6.07) is 3.83. The monoisotopic (exact) mass is 426 g/mol. The quantitative estimate of drug-likeness (QED) is 0.700. The van der Waals surface area contributed by atoms with E-state index >= 15 is 0 Å². The molecular formula is C12H15IN2O5S. The van der Waals surface area contributed by atoms with Crippen LogP contribution < -0.4 is 0 Å². The number of carboxylic acid groups (broad SMARTS) is 1. The molecule has 9 heteroatoms. The molecule has 0 bridgehead atoms. The van der Waals surface area contributed by atoms with Crippen LogP contribution in [0.4, 0.5) is 0 Å². The molecule has 0 saturated carbocycles. The molecule has 116 valence electrons. The summed E-state index contributed by atoms with van der Waals surface area (Å²) in [5.41, 5.74) is -0.0935. The van der Waals surface area contributed by atoms with Gasteiger partial charge in [0.2, 0.25) is 15.9 Å². The molecule has 0 aromatic heterocycles. The molecule has 1 rings (SSSR count). The van der Waals surface area contributed by atoms with Gasteiger partial charge >= 0.3 is 5.97 Å². The van der Waals surface area contributed by atoms with E-state index in [0.29, 0.717) is 3.57 Å². The van der Waals surface area contributed by atoms with Crippen LogP contribution in [0.2, 0.25) is 0 Å². The first-order valence-electron chi connectivity index (χ1n) is 5.76. The second-order valence-corrected chi connectivity index (χ2v) is 7.70. The second-order valence-electron chi connectivity index (χ2n) is 4.50. The molecule has 0 aliphatic heterocycles. The van der Waals surface area contributed by atoms with Gasteiger partial charge in [-0.05, 0) is 40.8 Å². The van der Waals surface area contributed by atoms with E-state index in [1.54, 1.807) is 0 Å². The summed E-state index contributed by atoms with van der Waals surface area (Å²) in [7, 11) is 0.400. The Morgan fingerprint density at radius 2 is 1.81 bits per heavy atom. The summed E-state index contributed by atoms with van der Waals surface area (Å²) >= 11 is 1.82. The molecule has 0 radical (unpaired) electrons. The Morgan fingerprint density at radius 1 is 1.24 bits per heavy atom. The predicted molar refractivity (Wildman–Crippen MR) is 84.6 cm³/mol. The third-order valence-electron chi connectivity index (χ3n) is 2.73. The molecular weight excluding hydrogens is 411 g/mol. The number of aromatic carboxylic acids is 1. The molecule has 1 aromatic carbocycles.